The number of carbonyl (C=O) groups is 5. The molecule has 0 bridgehead atoms. The van der Waals surface area contributed by atoms with Crippen LogP contribution in [0, 0.1) is 0 Å². The highest BCUT2D eigenvalue weighted by molar-refractivity contribution is 6.74. The van der Waals surface area contributed by atoms with Gasteiger partial charge in [-0.25, -0.2) is 4.79 Å². The SMILES string of the molecule is COC(=O)[C@H]1O[C@@H](Oc2ccc(CO[Si](C)(C)C(C)(C)C)cc2C=O)[C@H](OC(C)=O)[C@@H](OC(C)=O)[C@@H]1OC(C)=O. The molecule has 1 aromatic rings. The van der Waals surface area contributed by atoms with Gasteiger partial charge in [0.2, 0.25) is 12.4 Å². The third-order valence-electron chi connectivity index (χ3n) is 6.68. The Labute approximate surface area is 234 Å². The minimum Gasteiger partial charge on any atom is -0.467 e. The van der Waals surface area contributed by atoms with Crippen LogP contribution in [0.5, 0.6) is 5.75 Å². The van der Waals surface area contributed by atoms with Gasteiger partial charge in [-0.15, -0.1) is 0 Å². The van der Waals surface area contributed by atoms with Crippen LogP contribution in [0.4, 0.5) is 0 Å². The van der Waals surface area contributed by atoms with Gasteiger partial charge in [0.1, 0.15) is 5.75 Å². The Balaban J connectivity index is 2.47. The van der Waals surface area contributed by atoms with Crippen molar-refractivity contribution in [3.63, 3.8) is 0 Å². The van der Waals surface area contributed by atoms with E-state index in [0.717, 1.165) is 33.4 Å². The molecular formula is C27H38O12Si. The lowest BCUT2D eigenvalue weighted by molar-refractivity contribution is -0.282. The molecule has 5 atom stereocenters. The maximum Gasteiger partial charge on any atom is 0.339 e. The molecule has 2 rings (SSSR count). The van der Waals surface area contributed by atoms with Gasteiger partial charge in [0, 0.05) is 20.8 Å². The summed E-state index contributed by atoms with van der Waals surface area (Å²) in [5, 5.41) is -0.00773. The third kappa shape index (κ3) is 8.35. The summed E-state index contributed by atoms with van der Waals surface area (Å²) in [4.78, 5) is 60.4. The first-order valence-corrected chi connectivity index (χ1v) is 15.5. The molecule has 40 heavy (non-hydrogen) atoms. The first-order valence-electron chi connectivity index (χ1n) is 12.6. The van der Waals surface area contributed by atoms with Crippen LogP contribution >= 0.6 is 0 Å². The highest BCUT2D eigenvalue weighted by Crippen LogP contribution is 2.37. The number of rotatable bonds is 10. The van der Waals surface area contributed by atoms with Crippen molar-refractivity contribution in [3.05, 3.63) is 29.3 Å². The Morgan fingerprint density at radius 3 is 1.98 bits per heavy atom. The predicted octanol–water partition coefficient (Wildman–Crippen LogP) is 3.09. The van der Waals surface area contributed by atoms with Gasteiger partial charge >= 0.3 is 23.9 Å². The van der Waals surface area contributed by atoms with Crippen molar-refractivity contribution in [3.8, 4) is 5.75 Å². The van der Waals surface area contributed by atoms with Gasteiger partial charge in [0.05, 0.1) is 19.3 Å². The van der Waals surface area contributed by atoms with E-state index in [2.05, 4.69) is 33.9 Å². The van der Waals surface area contributed by atoms with Gasteiger partial charge < -0.3 is 32.8 Å². The van der Waals surface area contributed by atoms with Gasteiger partial charge in [0.15, 0.2) is 32.9 Å². The number of methoxy groups -OCH3 is 1. The molecule has 0 radical (unpaired) electrons. The highest BCUT2D eigenvalue weighted by atomic mass is 28.4. The number of benzene rings is 1. The maximum atomic E-state index is 12.6. The summed E-state index contributed by atoms with van der Waals surface area (Å²) in [5.41, 5.74) is 0.850. The summed E-state index contributed by atoms with van der Waals surface area (Å²) in [6.45, 7) is 14.1. The number of ether oxygens (including phenoxy) is 6. The fourth-order valence-electron chi connectivity index (χ4n) is 3.67. The van der Waals surface area contributed by atoms with Gasteiger partial charge in [0.25, 0.3) is 0 Å². The number of hydrogen-bond acceptors (Lipinski definition) is 12. The number of esters is 4. The lowest BCUT2D eigenvalue weighted by Crippen LogP contribution is -2.64. The molecule has 1 heterocycles. The minimum atomic E-state index is -2.06. The Morgan fingerprint density at radius 1 is 0.925 bits per heavy atom. The fraction of sp³-hybridized carbons (Fsp3) is 0.593. The molecule has 1 aliphatic heterocycles. The Kier molecular flexibility index (Phi) is 11.0. The molecule has 1 saturated heterocycles. The molecule has 0 aromatic heterocycles. The molecule has 0 aliphatic carbocycles. The summed E-state index contributed by atoms with van der Waals surface area (Å²) >= 11 is 0. The van der Waals surface area contributed by atoms with Crippen molar-refractivity contribution in [1.82, 2.24) is 0 Å². The summed E-state index contributed by atoms with van der Waals surface area (Å²) < 4.78 is 38.6. The molecule has 1 aliphatic rings. The Hall–Kier alpha value is -3.29. The standard InChI is InChI=1S/C27H38O12Si/c1-15(29)35-21-22(36-16(2)30)24(37-17(3)31)26(39-23(21)25(32)33-7)38-20-11-10-18(12-19(20)13-28)14-34-40(8,9)27(4,5)6/h10-13,21-24,26H,14H2,1-9H3/t21-,22-,23-,24+,26+/m0/s1. The molecule has 0 spiro atoms. The maximum absolute atomic E-state index is 12.6. The van der Waals surface area contributed by atoms with Crippen LogP contribution in [-0.4, -0.2) is 76.3 Å². The zero-order valence-electron chi connectivity index (χ0n) is 24.3. The van der Waals surface area contributed by atoms with Crippen molar-refractivity contribution >= 4 is 38.5 Å². The van der Waals surface area contributed by atoms with Gasteiger partial charge in [-0.05, 0) is 35.8 Å². The zero-order chi connectivity index (χ0) is 30.4. The normalized spacial score (nSPS) is 23.0. The molecule has 0 N–H and O–H groups in total. The van der Waals surface area contributed by atoms with E-state index in [0.29, 0.717) is 6.29 Å². The lowest BCUT2D eigenvalue weighted by atomic mass is 9.97. The smallest absolute Gasteiger partial charge is 0.339 e. The lowest BCUT2D eigenvalue weighted by Gasteiger charge is -2.43. The van der Waals surface area contributed by atoms with Crippen LogP contribution in [0.2, 0.25) is 18.1 Å². The van der Waals surface area contributed by atoms with E-state index in [9.17, 15) is 24.0 Å². The van der Waals surface area contributed by atoms with E-state index in [1.165, 1.54) is 6.07 Å². The molecule has 12 nitrogen and oxygen atoms in total. The number of aldehydes is 1. The molecule has 0 saturated carbocycles. The molecule has 1 fully saturated rings. The van der Waals surface area contributed by atoms with Crippen molar-refractivity contribution in [2.24, 2.45) is 0 Å². The monoisotopic (exact) mass is 582 g/mol. The van der Waals surface area contributed by atoms with Crippen LogP contribution in [0.1, 0.15) is 57.5 Å². The van der Waals surface area contributed by atoms with Crippen molar-refractivity contribution in [2.75, 3.05) is 7.11 Å². The van der Waals surface area contributed by atoms with Gasteiger partial charge in [-0.1, -0.05) is 26.8 Å². The van der Waals surface area contributed by atoms with Crippen LogP contribution in [0.15, 0.2) is 18.2 Å². The second-order valence-electron chi connectivity index (χ2n) is 10.8. The molecule has 0 amide bonds. The summed E-state index contributed by atoms with van der Waals surface area (Å²) in [7, 11) is -0.976. The van der Waals surface area contributed by atoms with Crippen LogP contribution in [0.25, 0.3) is 0 Å². The van der Waals surface area contributed by atoms with Gasteiger partial charge in [-0.3, -0.25) is 19.2 Å². The molecule has 0 unspecified atom stereocenters. The van der Waals surface area contributed by atoms with Crippen LogP contribution in [-0.2, 0) is 53.9 Å². The summed E-state index contributed by atoms with van der Waals surface area (Å²) in [5.74, 6) is -3.37. The average Bonchev–Trinajstić information content (AvgIpc) is 2.84. The Bertz CT molecular complexity index is 1110. The zero-order valence-corrected chi connectivity index (χ0v) is 25.3. The number of hydrogen-bond donors (Lipinski definition) is 0. The molecule has 1 aromatic carbocycles. The average molecular weight is 583 g/mol. The van der Waals surface area contributed by atoms with E-state index >= 15 is 0 Å². The van der Waals surface area contributed by atoms with E-state index in [1.54, 1.807) is 12.1 Å². The molecule has 222 valence electrons. The van der Waals surface area contributed by atoms with Crippen LogP contribution in [0.3, 0.4) is 0 Å². The quantitative estimate of drug-likeness (QED) is 0.173. The van der Waals surface area contributed by atoms with E-state index in [4.69, 9.17) is 32.8 Å². The first kappa shape index (κ1) is 32.9. The minimum absolute atomic E-state index is 0.00773. The first-order chi connectivity index (χ1) is 18.5. The second kappa shape index (κ2) is 13.4. The van der Waals surface area contributed by atoms with Gasteiger partial charge in [-0.2, -0.15) is 0 Å². The molecular weight excluding hydrogens is 544 g/mol. The van der Waals surface area contributed by atoms with E-state index in [1.807, 2.05) is 0 Å². The number of carbonyl (C=O) groups excluding carboxylic acids is 5. The highest BCUT2D eigenvalue weighted by Gasteiger charge is 2.56. The third-order valence-corrected chi connectivity index (χ3v) is 11.2. The summed E-state index contributed by atoms with van der Waals surface area (Å²) in [6, 6.07) is 4.79. The second-order valence-corrected chi connectivity index (χ2v) is 15.6. The van der Waals surface area contributed by atoms with E-state index in [-0.39, 0.29) is 23.0 Å². The summed E-state index contributed by atoms with van der Waals surface area (Å²) in [6.07, 6.45) is -7.15. The Morgan fingerprint density at radius 2 is 1.48 bits per heavy atom. The fourth-order valence-corrected chi connectivity index (χ4v) is 4.63. The molecule has 13 heteroatoms. The van der Waals surface area contributed by atoms with Crippen molar-refractivity contribution in [1.29, 1.82) is 0 Å². The predicted molar refractivity (Wildman–Crippen MR) is 142 cm³/mol. The van der Waals surface area contributed by atoms with Crippen molar-refractivity contribution in [2.45, 2.75) is 97.0 Å². The van der Waals surface area contributed by atoms with Crippen molar-refractivity contribution < 1.29 is 56.8 Å². The van der Waals surface area contributed by atoms with E-state index < -0.39 is 62.9 Å². The van der Waals surface area contributed by atoms with Crippen LogP contribution < -0.4 is 4.74 Å². The topological polar surface area (TPSA) is 150 Å². The largest absolute Gasteiger partial charge is 0.467 e.